The molecule has 11 nitrogen and oxygen atoms in total. The maximum absolute atomic E-state index is 13.2. The van der Waals surface area contributed by atoms with Gasteiger partial charge in [0.1, 0.15) is 34.5 Å². The SMILES string of the molecule is CC(C)Oc1cc2nc([C@H]3CC[C@H](CN4CCC(c5cccc(NC6CCC(=O)NC6=O)c5)CC4)CC3)cn2cc1NC(=O)c1cccc(C(F)(F)F)n1. The van der Waals surface area contributed by atoms with Crippen LogP contribution in [0.15, 0.2) is 60.9 Å². The highest BCUT2D eigenvalue weighted by Gasteiger charge is 2.33. The summed E-state index contributed by atoms with van der Waals surface area (Å²) in [6.45, 7) is 6.89. The van der Waals surface area contributed by atoms with Crippen LogP contribution in [0.5, 0.6) is 5.75 Å². The first-order chi connectivity index (χ1) is 25.9. The third-order valence-corrected chi connectivity index (χ3v) is 10.8. The Labute approximate surface area is 312 Å². The average molecular weight is 746 g/mol. The molecule has 1 aliphatic carbocycles. The second-order valence-corrected chi connectivity index (χ2v) is 15.1. The number of pyridine rings is 2. The first-order valence-corrected chi connectivity index (χ1v) is 18.9. The Morgan fingerprint density at radius 3 is 2.43 bits per heavy atom. The van der Waals surface area contributed by atoms with Crippen LogP contribution in [0.2, 0.25) is 0 Å². The van der Waals surface area contributed by atoms with E-state index >= 15 is 0 Å². The van der Waals surface area contributed by atoms with Gasteiger partial charge in [-0.05, 0) is 114 Å². The summed E-state index contributed by atoms with van der Waals surface area (Å²) in [4.78, 5) is 47.8. The van der Waals surface area contributed by atoms with Gasteiger partial charge in [-0.15, -0.1) is 0 Å². The van der Waals surface area contributed by atoms with E-state index in [9.17, 15) is 27.6 Å². The van der Waals surface area contributed by atoms with Crippen LogP contribution in [0, 0.1) is 5.92 Å². The van der Waals surface area contributed by atoms with E-state index in [-0.39, 0.29) is 23.6 Å². The molecule has 1 atom stereocenters. The minimum absolute atomic E-state index is 0.215. The summed E-state index contributed by atoms with van der Waals surface area (Å²) in [5, 5.41) is 8.42. The molecule has 7 rings (SSSR count). The van der Waals surface area contributed by atoms with Gasteiger partial charge in [0.15, 0.2) is 0 Å². The van der Waals surface area contributed by atoms with Crippen LogP contribution >= 0.6 is 0 Å². The van der Waals surface area contributed by atoms with Crippen LogP contribution in [0.1, 0.15) is 104 Å². The van der Waals surface area contributed by atoms with Gasteiger partial charge in [0.05, 0.1) is 11.8 Å². The summed E-state index contributed by atoms with van der Waals surface area (Å²) in [5.41, 5.74) is 2.66. The highest BCUT2D eigenvalue weighted by molar-refractivity contribution is 6.04. The quantitative estimate of drug-likeness (QED) is 0.146. The normalized spacial score (nSPS) is 21.6. The van der Waals surface area contributed by atoms with E-state index in [1.54, 1.807) is 12.3 Å². The number of carbonyl (C=O) groups excluding carboxylic acids is 3. The summed E-state index contributed by atoms with van der Waals surface area (Å²) in [5.74, 6) is 0.507. The van der Waals surface area contributed by atoms with E-state index in [0.29, 0.717) is 47.7 Å². The number of benzene rings is 1. The molecule has 1 aromatic carbocycles. The number of carbonyl (C=O) groups is 3. The van der Waals surface area contributed by atoms with Gasteiger partial charge < -0.3 is 24.7 Å². The molecule has 3 amide bonds. The standard InChI is InChI=1S/C40H46F3N7O4/c1-24(2)54-34-20-36-46-32(22-50(36)23-33(34)47-38(52)30-7-4-8-35(45-30)40(41,42)43)27-11-9-25(10-12-27)21-49-17-15-26(16-18-49)28-5-3-6-29(19-28)44-31-13-14-37(51)48-39(31)53/h3-8,19-20,22-27,31,44H,9-18,21H2,1-2H3,(H,47,52)(H,48,51,53)/t25-,27-,31?. The molecule has 286 valence electrons. The summed E-state index contributed by atoms with van der Waals surface area (Å²) in [6, 6.07) is 12.9. The van der Waals surface area contributed by atoms with Crippen LogP contribution in [0.3, 0.4) is 0 Å². The topological polar surface area (TPSA) is 130 Å². The highest BCUT2D eigenvalue weighted by Crippen LogP contribution is 2.38. The van der Waals surface area contributed by atoms with Crippen molar-refractivity contribution in [2.24, 2.45) is 5.92 Å². The van der Waals surface area contributed by atoms with E-state index in [4.69, 9.17) is 9.72 Å². The lowest BCUT2D eigenvalue weighted by atomic mass is 9.80. The molecule has 3 aromatic heterocycles. The Morgan fingerprint density at radius 2 is 1.70 bits per heavy atom. The summed E-state index contributed by atoms with van der Waals surface area (Å²) >= 11 is 0. The first-order valence-electron chi connectivity index (χ1n) is 18.9. The van der Waals surface area contributed by atoms with Crippen molar-refractivity contribution in [1.29, 1.82) is 0 Å². The number of imidazole rings is 1. The number of alkyl halides is 3. The number of halogens is 3. The fraction of sp³-hybridized carbons (Fsp3) is 0.475. The van der Waals surface area contributed by atoms with Crippen molar-refractivity contribution < 1.29 is 32.3 Å². The zero-order valence-corrected chi connectivity index (χ0v) is 30.5. The average Bonchev–Trinajstić information content (AvgIpc) is 3.56. The summed E-state index contributed by atoms with van der Waals surface area (Å²) < 4.78 is 47.5. The van der Waals surface area contributed by atoms with Gasteiger partial charge in [0, 0.05) is 43.0 Å². The van der Waals surface area contributed by atoms with Crippen molar-refractivity contribution >= 4 is 34.7 Å². The number of nitrogens with one attached hydrogen (secondary N) is 3. The zero-order chi connectivity index (χ0) is 38.0. The van der Waals surface area contributed by atoms with Crippen LogP contribution in [0.25, 0.3) is 5.65 Å². The number of likely N-dealkylation sites (tertiary alicyclic amines) is 1. The monoisotopic (exact) mass is 745 g/mol. The fourth-order valence-corrected chi connectivity index (χ4v) is 7.95. The molecule has 3 aliphatic rings. The molecule has 0 radical (unpaired) electrons. The number of ether oxygens (including phenoxy) is 1. The van der Waals surface area contributed by atoms with Crippen LogP contribution in [-0.2, 0) is 15.8 Å². The van der Waals surface area contributed by atoms with E-state index in [1.807, 2.05) is 36.6 Å². The van der Waals surface area contributed by atoms with Gasteiger partial charge in [-0.3, -0.25) is 19.7 Å². The lowest BCUT2D eigenvalue weighted by Crippen LogP contribution is -2.47. The number of amides is 3. The molecule has 3 fully saturated rings. The van der Waals surface area contributed by atoms with E-state index in [2.05, 4.69) is 38.0 Å². The van der Waals surface area contributed by atoms with Gasteiger partial charge in [0.25, 0.3) is 5.91 Å². The molecule has 4 aromatic rings. The Balaban J connectivity index is 0.927. The van der Waals surface area contributed by atoms with Crippen molar-refractivity contribution in [3.05, 3.63) is 83.6 Å². The van der Waals surface area contributed by atoms with E-state index in [1.165, 1.54) is 11.6 Å². The van der Waals surface area contributed by atoms with Crippen molar-refractivity contribution in [3.8, 4) is 5.75 Å². The van der Waals surface area contributed by atoms with Gasteiger partial charge in [-0.25, -0.2) is 9.97 Å². The molecule has 1 saturated carbocycles. The second kappa shape index (κ2) is 15.8. The Kier molecular flexibility index (Phi) is 10.9. The molecule has 3 N–H and O–H groups in total. The van der Waals surface area contributed by atoms with E-state index in [0.717, 1.165) is 81.7 Å². The van der Waals surface area contributed by atoms with E-state index < -0.39 is 23.8 Å². The van der Waals surface area contributed by atoms with Crippen molar-refractivity contribution in [1.82, 2.24) is 24.6 Å². The fourth-order valence-electron chi connectivity index (χ4n) is 7.95. The van der Waals surface area contributed by atoms with Gasteiger partial charge in [-0.2, -0.15) is 13.2 Å². The number of fused-ring (bicyclic) bond motifs is 1. The Bertz CT molecular complexity index is 2000. The molecular formula is C40H46F3N7O4. The van der Waals surface area contributed by atoms with Crippen LogP contribution in [0.4, 0.5) is 24.5 Å². The summed E-state index contributed by atoms with van der Waals surface area (Å²) in [6.07, 6.45) is 6.06. The van der Waals surface area contributed by atoms with Gasteiger partial charge >= 0.3 is 6.18 Å². The smallest absolute Gasteiger partial charge is 0.433 e. The largest absolute Gasteiger partial charge is 0.489 e. The Morgan fingerprint density at radius 1 is 0.944 bits per heavy atom. The highest BCUT2D eigenvalue weighted by atomic mass is 19.4. The van der Waals surface area contributed by atoms with Crippen LogP contribution in [-0.4, -0.2) is 68.8 Å². The predicted molar refractivity (Wildman–Crippen MR) is 197 cm³/mol. The second-order valence-electron chi connectivity index (χ2n) is 15.1. The summed E-state index contributed by atoms with van der Waals surface area (Å²) in [7, 11) is 0. The van der Waals surface area contributed by atoms with Crippen molar-refractivity contribution in [3.63, 3.8) is 0 Å². The number of hydrogen-bond acceptors (Lipinski definition) is 8. The molecule has 1 unspecified atom stereocenters. The first kappa shape index (κ1) is 37.3. The molecular weight excluding hydrogens is 699 g/mol. The Hall–Kier alpha value is -4.98. The third kappa shape index (κ3) is 8.86. The molecule has 0 spiro atoms. The number of rotatable bonds is 10. The van der Waals surface area contributed by atoms with Crippen molar-refractivity contribution in [2.75, 3.05) is 30.3 Å². The van der Waals surface area contributed by atoms with Gasteiger partial charge in [-0.1, -0.05) is 18.2 Å². The molecule has 0 bridgehead atoms. The van der Waals surface area contributed by atoms with Gasteiger partial charge in [0.2, 0.25) is 11.8 Å². The predicted octanol–water partition coefficient (Wildman–Crippen LogP) is 7.16. The molecule has 54 heavy (non-hydrogen) atoms. The lowest BCUT2D eigenvalue weighted by Gasteiger charge is -2.36. The number of piperidine rings is 2. The number of imide groups is 1. The molecule has 14 heteroatoms. The zero-order valence-electron chi connectivity index (χ0n) is 30.5. The van der Waals surface area contributed by atoms with Crippen LogP contribution < -0.4 is 20.7 Å². The number of aromatic nitrogens is 3. The lowest BCUT2D eigenvalue weighted by molar-refractivity contribution is -0.141. The number of anilines is 2. The van der Waals surface area contributed by atoms with Crippen molar-refractivity contribution in [2.45, 2.75) is 95.4 Å². The minimum atomic E-state index is -4.67. The number of hydrogen-bond donors (Lipinski definition) is 3. The molecule has 5 heterocycles. The number of nitrogens with zero attached hydrogens (tertiary/aromatic N) is 4. The maximum Gasteiger partial charge on any atom is 0.433 e. The minimum Gasteiger partial charge on any atom is -0.489 e. The molecule has 2 aliphatic heterocycles. The molecule has 2 saturated heterocycles. The third-order valence-electron chi connectivity index (χ3n) is 10.8. The maximum atomic E-state index is 13.2.